The van der Waals surface area contributed by atoms with E-state index in [0.717, 1.165) is 6.54 Å². The molecule has 1 unspecified atom stereocenters. The topological polar surface area (TPSA) is 44.9 Å². The van der Waals surface area contributed by atoms with Crippen molar-refractivity contribution in [3.63, 3.8) is 0 Å². The van der Waals surface area contributed by atoms with Gasteiger partial charge in [0.1, 0.15) is 0 Å². The number of likely N-dealkylation sites (tertiary alicyclic amines) is 1. The summed E-state index contributed by atoms with van der Waals surface area (Å²) >= 11 is 0. The summed E-state index contributed by atoms with van der Waals surface area (Å²) in [6, 6.07) is 0.530. The molecule has 0 amide bonds. The highest BCUT2D eigenvalue weighted by Gasteiger charge is 2.21. The molecule has 0 saturated carbocycles. The number of nitrogens with two attached hydrogens (primary N) is 1. The van der Waals surface area contributed by atoms with Gasteiger partial charge in [0.05, 0.1) is 0 Å². The van der Waals surface area contributed by atoms with E-state index in [1.54, 1.807) is 7.05 Å². The minimum atomic E-state index is 0.530. The summed E-state index contributed by atoms with van der Waals surface area (Å²) in [6.45, 7) is 2.29. The minimum Gasteiger partial charge on any atom is -0.370 e. The van der Waals surface area contributed by atoms with Crippen molar-refractivity contribution in [3.05, 3.63) is 0 Å². The van der Waals surface area contributed by atoms with Gasteiger partial charge in [-0.25, -0.2) is 0 Å². The number of guanidine groups is 1. The van der Waals surface area contributed by atoms with Crippen LogP contribution in [0.25, 0.3) is 0 Å². The monoisotopic (exact) mass is 184 g/mol. The number of rotatable bonds is 1. The minimum absolute atomic E-state index is 0.530. The molecule has 0 aromatic rings. The van der Waals surface area contributed by atoms with Crippen LogP contribution in [0.3, 0.4) is 0 Å². The second-order valence-corrected chi connectivity index (χ2v) is 3.75. The summed E-state index contributed by atoms with van der Waals surface area (Å²) < 4.78 is 0. The van der Waals surface area contributed by atoms with Crippen LogP contribution in [0, 0.1) is 0 Å². The third kappa shape index (κ3) is 2.59. The van der Waals surface area contributed by atoms with Crippen molar-refractivity contribution in [2.24, 2.45) is 10.7 Å². The first kappa shape index (κ1) is 10.3. The van der Waals surface area contributed by atoms with Crippen LogP contribution in [0.2, 0.25) is 0 Å². The molecule has 0 bridgehead atoms. The van der Waals surface area contributed by atoms with Gasteiger partial charge in [-0.2, -0.15) is 0 Å². The Bertz CT molecular complexity index is 190. The van der Waals surface area contributed by atoms with Gasteiger partial charge in [0.15, 0.2) is 5.96 Å². The predicted octanol–water partition coefficient (Wildman–Crippen LogP) is -0.0431. The Morgan fingerprint density at radius 1 is 1.62 bits per heavy atom. The molecule has 13 heavy (non-hydrogen) atoms. The second kappa shape index (κ2) is 4.46. The molecular formula is C9H20N4. The molecule has 1 atom stereocenters. The fraction of sp³-hybridized carbons (Fsp3) is 0.889. The Morgan fingerprint density at radius 2 is 2.31 bits per heavy atom. The van der Waals surface area contributed by atoms with E-state index in [9.17, 15) is 0 Å². The van der Waals surface area contributed by atoms with E-state index >= 15 is 0 Å². The van der Waals surface area contributed by atoms with E-state index in [-0.39, 0.29) is 0 Å². The van der Waals surface area contributed by atoms with Crippen LogP contribution < -0.4 is 5.73 Å². The van der Waals surface area contributed by atoms with Crippen LogP contribution in [0.5, 0.6) is 0 Å². The summed E-state index contributed by atoms with van der Waals surface area (Å²) in [5, 5.41) is 0. The van der Waals surface area contributed by atoms with Crippen molar-refractivity contribution >= 4 is 5.96 Å². The van der Waals surface area contributed by atoms with Crippen LogP contribution in [0.15, 0.2) is 4.99 Å². The molecule has 0 aliphatic carbocycles. The molecule has 76 valence electrons. The van der Waals surface area contributed by atoms with Crippen molar-refractivity contribution in [2.75, 3.05) is 34.2 Å². The van der Waals surface area contributed by atoms with Gasteiger partial charge in [-0.15, -0.1) is 0 Å². The summed E-state index contributed by atoms with van der Waals surface area (Å²) in [5.74, 6) is 0.639. The number of nitrogens with zero attached hydrogens (tertiary/aromatic N) is 3. The summed E-state index contributed by atoms with van der Waals surface area (Å²) in [7, 11) is 5.91. The quantitative estimate of drug-likeness (QED) is 0.459. The number of aliphatic imine (C=N–C) groups is 1. The van der Waals surface area contributed by atoms with Gasteiger partial charge in [-0.3, -0.25) is 4.99 Å². The number of likely N-dealkylation sites (N-methyl/N-ethyl adjacent to an activating group) is 2. The van der Waals surface area contributed by atoms with Gasteiger partial charge in [-0.05, 0) is 26.4 Å². The van der Waals surface area contributed by atoms with E-state index in [1.165, 1.54) is 19.4 Å². The molecule has 1 saturated heterocycles. The van der Waals surface area contributed by atoms with Gasteiger partial charge in [0.25, 0.3) is 0 Å². The highest BCUT2D eigenvalue weighted by molar-refractivity contribution is 5.77. The SMILES string of the molecule is CN=C(N)N(C)C1CCCN(C)C1. The average Bonchev–Trinajstić information content (AvgIpc) is 2.15. The normalized spacial score (nSPS) is 26.1. The molecule has 4 nitrogen and oxygen atoms in total. The highest BCUT2D eigenvalue weighted by atomic mass is 15.3. The molecule has 1 heterocycles. The molecule has 1 aliphatic heterocycles. The van der Waals surface area contributed by atoms with Crippen molar-refractivity contribution in [1.29, 1.82) is 0 Å². The van der Waals surface area contributed by atoms with Crippen molar-refractivity contribution < 1.29 is 0 Å². The molecule has 0 spiro atoms. The maximum absolute atomic E-state index is 5.75. The lowest BCUT2D eigenvalue weighted by atomic mass is 10.1. The maximum atomic E-state index is 5.75. The summed E-state index contributed by atoms with van der Waals surface area (Å²) in [6.07, 6.45) is 2.47. The van der Waals surface area contributed by atoms with E-state index in [0.29, 0.717) is 12.0 Å². The zero-order valence-electron chi connectivity index (χ0n) is 8.82. The van der Waals surface area contributed by atoms with Gasteiger partial charge < -0.3 is 15.5 Å². The molecule has 2 N–H and O–H groups in total. The third-order valence-electron chi connectivity index (χ3n) is 2.74. The Kier molecular flexibility index (Phi) is 3.54. The van der Waals surface area contributed by atoms with E-state index < -0.39 is 0 Å². The molecule has 0 radical (unpaired) electrons. The number of hydrogen-bond acceptors (Lipinski definition) is 2. The zero-order chi connectivity index (χ0) is 9.84. The largest absolute Gasteiger partial charge is 0.370 e. The van der Waals surface area contributed by atoms with Crippen molar-refractivity contribution in [1.82, 2.24) is 9.80 Å². The summed E-state index contributed by atoms with van der Waals surface area (Å²) in [5.41, 5.74) is 5.75. The fourth-order valence-corrected chi connectivity index (χ4v) is 1.80. The zero-order valence-corrected chi connectivity index (χ0v) is 8.82. The molecule has 4 heteroatoms. The maximum Gasteiger partial charge on any atom is 0.191 e. The van der Waals surface area contributed by atoms with Crippen LogP contribution in [0.1, 0.15) is 12.8 Å². The Hall–Kier alpha value is -0.770. The summed E-state index contributed by atoms with van der Waals surface area (Å²) in [4.78, 5) is 8.41. The van der Waals surface area contributed by atoms with Crippen LogP contribution in [-0.2, 0) is 0 Å². The molecular weight excluding hydrogens is 164 g/mol. The van der Waals surface area contributed by atoms with E-state index in [2.05, 4.69) is 21.8 Å². The fourth-order valence-electron chi connectivity index (χ4n) is 1.80. The predicted molar refractivity (Wildman–Crippen MR) is 55.8 cm³/mol. The van der Waals surface area contributed by atoms with Crippen LogP contribution >= 0.6 is 0 Å². The molecule has 0 aromatic heterocycles. The lowest BCUT2D eigenvalue weighted by molar-refractivity contribution is 0.181. The lowest BCUT2D eigenvalue weighted by Crippen LogP contribution is -2.49. The van der Waals surface area contributed by atoms with Gasteiger partial charge >= 0.3 is 0 Å². The van der Waals surface area contributed by atoms with Gasteiger partial charge in [0, 0.05) is 26.7 Å². The smallest absolute Gasteiger partial charge is 0.191 e. The first-order valence-corrected chi connectivity index (χ1v) is 4.78. The van der Waals surface area contributed by atoms with Gasteiger partial charge in [0.2, 0.25) is 0 Å². The van der Waals surface area contributed by atoms with Crippen molar-refractivity contribution in [2.45, 2.75) is 18.9 Å². The Morgan fingerprint density at radius 3 is 2.85 bits per heavy atom. The van der Waals surface area contributed by atoms with E-state index in [1.807, 2.05) is 7.05 Å². The molecule has 1 aliphatic rings. The first-order chi connectivity index (χ1) is 6.15. The first-order valence-electron chi connectivity index (χ1n) is 4.78. The number of hydrogen-bond donors (Lipinski definition) is 1. The van der Waals surface area contributed by atoms with Crippen LogP contribution in [-0.4, -0.2) is 56.0 Å². The lowest BCUT2D eigenvalue weighted by Gasteiger charge is -2.36. The van der Waals surface area contributed by atoms with Crippen molar-refractivity contribution in [3.8, 4) is 0 Å². The third-order valence-corrected chi connectivity index (χ3v) is 2.74. The Labute approximate surface area is 80.4 Å². The van der Waals surface area contributed by atoms with Gasteiger partial charge in [-0.1, -0.05) is 0 Å². The Balaban J connectivity index is 2.50. The molecule has 1 rings (SSSR count). The molecule has 0 aromatic carbocycles. The van der Waals surface area contributed by atoms with E-state index in [4.69, 9.17) is 5.73 Å². The van der Waals surface area contributed by atoms with Crippen LogP contribution in [0.4, 0.5) is 0 Å². The second-order valence-electron chi connectivity index (χ2n) is 3.75. The molecule has 1 fully saturated rings. The average molecular weight is 184 g/mol. The number of piperidine rings is 1. The standard InChI is InChI=1S/C9H20N4/c1-11-9(10)13(3)8-5-4-6-12(2)7-8/h8H,4-7H2,1-3H3,(H2,10,11). The highest BCUT2D eigenvalue weighted by Crippen LogP contribution is 2.12.